The van der Waals surface area contributed by atoms with Gasteiger partial charge in [-0.15, -0.1) is 0 Å². The lowest BCUT2D eigenvalue weighted by atomic mass is 9.99. The Labute approximate surface area is 165 Å². The Morgan fingerprint density at radius 3 is 2.25 bits per heavy atom. The van der Waals surface area contributed by atoms with Crippen molar-refractivity contribution in [3.05, 3.63) is 65.9 Å². The topological polar surface area (TPSA) is 62.3 Å². The van der Waals surface area contributed by atoms with Crippen LogP contribution in [-0.2, 0) is 4.79 Å². The number of nitrogens with zero attached hydrogens (tertiary/aromatic N) is 2. The van der Waals surface area contributed by atoms with Gasteiger partial charge in [0.1, 0.15) is 5.54 Å². The molecule has 144 valence electrons. The summed E-state index contributed by atoms with van der Waals surface area (Å²) in [6.07, 6.45) is 0. The van der Waals surface area contributed by atoms with Gasteiger partial charge in [0.05, 0.1) is 5.52 Å². The monoisotopic (exact) mass is 375 g/mol. The molecular formula is C23H25N3O2. The van der Waals surface area contributed by atoms with Crippen LogP contribution in [0, 0.1) is 6.92 Å². The zero-order valence-corrected chi connectivity index (χ0v) is 16.9. The molecule has 0 aliphatic carbocycles. The first-order chi connectivity index (χ1) is 13.2. The van der Waals surface area contributed by atoms with Crippen molar-refractivity contribution in [1.82, 2.24) is 15.2 Å². The smallest absolute Gasteiger partial charge is 0.254 e. The number of pyridine rings is 1. The minimum absolute atomic E-state index is 0.196. The van der Waals surface area contributed by atoms with Crippen LogP contribution < -0.4 is 5.32 Å². The molecule has 1 heterocycles. The molecular weight excluding hydrogens is 350 g/mol. The van der Waals surface area contributed by atoms with E-state index in [0.29, 0.717) is 5.56 Å². The summed E-state index contributed by atoms with van der Waals surface area (Å²) in [6.45, 7) is 5.43. The fourth-order valence-electron chi connectivity index (χ4n) is 3.12. The first kappa shape index (κ1) is 19.5. The van der Waals surface area contributed by atoms with Crippen molar-refractivity contribution in [2.45, 2.75) is 26.3 Å². The number of carbonyl (C=O) groups excluding carboxylic acids is 2. The third-order valence-corrected chi connectivity index (χ3v) is 5.22. The van der Waals surface area contributed by atoms with Gasteiger partial charge in [0.15, 0.2) is 0 Å². The molecule has 0 aliphatic heterocycles. The van der Waals surface area contributed by atoms with Crippen LogP contribution in [0.1, 0.15) is 29.9 Å². The number of benzene rings is 2. The summed E-state index contributed by atoms with van der Waals surface area (Å²) in [4.78, 5) is 30.9. The molecule has 0 bridgehead atoms. The summed E-state index contributed by atoms with van der Waals surface area (Å²) < 4.78 is 0. The second-order valence-electron chi connectivity index (χ2n) is 7.44. The van der Waals surface area contributed by atoms with Crippen molar-refractivity contribution in [3.8, 4) is 11.1 Å². The molecule has 0 spiro atoms. The highest BCUT2D eigenvalue weighted by Crippen LogP contribution is 2.25. The van der Waals surface area contributed by atoms with E-state index in [1.54, 1.807) is 40.1 Å². The molecule has 1 N–H and O–H groups in total. The first-order valence-corrected chi connectivity index (χ1v) is 9.22. The van der Waals surface area contributed by atoms with Gasteiger partial charge >= 0.3 is 0 Å². The van der Waals surface area contributed by atoms with Crippen molar-refractivity contribution in [2.24, 2.45) is 0 Å². The molecule has 0 fully saturated rings. The maximum absolute atomic E-state index is 12.8. The molecule has 28 heavy (non-hydrogen) atoms. The number of carbonyl (C=O) groups is 2. The SMILES string of the molecule is CNC(=O)C(C)(C)N(C)C(=O)c1ccc(-c2ccc3nc(C)ccc3c2)cc1. The number of likely N-dealkylation sites (N-methyl/N-ethyl adjacent to an activating group) is 2. The van der Waals surface area contributed by atoms with Gasteiger partial charge in [-0.3, -0.25) is 14.6 Å². The predicted molar refractivity (Wildman–Crippen MR) is 112 cm³/mol. The van der Waals surface area contributed by atoms with Crippen LogP contribution in [0.15, 0.2) is 54.6 Å². The number of hydrogen-bond donors (Lipinski definition) is 1. The molecule has 5 heteroatoms. The van der Waals surface area contributed by atoms with E-state index in [9.17, 15) is 9.59 Å². The highest BCUT2D eigenvalue weighted by Gasteiger charge is 2.34. The van der Waals surface area contributed by atoms with E-state index in [4.69, 9.17) is 0 Å². The summed E-state index contributed by atoms with van der Waals surface area (Å²) in [7, 11) is 3.21. The Kier molecular flexibility index (Phi) is 5.18. The molecule has 0 atom stereocenters. The van der Waals surface area contributed by atoms with Crippen molar-refractivity contribution in [2.75, 3.05) is 14.1 Å². The van der Waals surface area contributed by atoms with Crippen molar-refractivity contribution >= 4 is 22.7 Å². The van der Waals surface area contributed by atoms with E-state index in [0.717, 1.165) is 27.7 Å². The van der Waals surface area contributed by atoms with Gasteiger partial charge in [-0.25, -0.2) is 0 Å². The highest BCUT2D eigenvalue weighted by molar-refractivity contribution is 5.99. The van der Waals surface area contributed by atoms with E-state index in [2.05, 4.69) is 22.4 Å². The Balaban J connectivity index is 1.86. The van der Waals surface area contributed by atoms with Crippen LogP contribution in [0.4, 0.5) is 0 Å². The molecule has 3 rings (SSSR count). The van der Waals surface area contributed by atoms with Gasteiger partial charge in [0, 0.05) is 30.7 Å². The van der Waals surface area contributed by atoms with Gasteiger partial charge in [-0.2, -0.15) is 0 Å². The van der Waals surface area contributed by atoms with Gasteiger partial charge in [0.2, 0.25) is 5.91 Å². The molecule has 2 aromatic carbocycles. The van der Waals surface area contributed by atoms with Crippen LogP contribution >= 0.6 is 0 Å². The number of rotatable bonds is 4. The third kappa shape index (κ3) is 3.60. The second kappa shape index (κ2) is 7.43. The number of aryl methyl sites for hydroxylation is 1. The third-order valence-electron chi connectivity index (χ3n) is 5.22. The second-order valence-corrected chi connectivity index (χ2v) is 7.44. The molecule has 1 aromatic heterocycles. The summed E-state index contributed by atoms with van der Waals surface area (Å²) in [5.41, 5.74) is 3.65. The minimum Gasteiger partial charge on any atom is -0.357 e. The largest absolute Gasteiger partial charge is 0.357 e. The molecule has 2 amide bonds. The van der Waals surface area contributed by atoms with Gasteiger partial charge in [0.25, 0.3) is 5.91 Å². The standard InChI is InChI=1S/C23H25N3O2/c1-15-6-7-19-14-18(12-13-20(19)25-15)16-8-10-17(11-9-16)21(27)26(5)23(2,3)22(28)24-4/h6-14H,1-5H3,(H,24,28). The Hall–Kier alpha value is -3.21. The predicted octanol–water partition coefficient (Wildman–Crippen LogP) is 3.81. The number of nitrogens with one attached hydrogen (secondary N) is 1. The van der Waals surface area contributed by atoms with Crippen LogP contribution in [-0.4, -0.2) is 41.3 Å². The summed E-state index contributed by atoms with van der Waals surface area (Å²) in [5, 5.41) is 3.68. The number of hydrogen-bond acceptors (Lipinski definition) is 3. The number of aromatic nitrogens is 1. The van der Waals surface area contributed by atoms with Crippen LogP contribution in [0.25, 0.3) is 22.0 Å². The average Bonchev–Trinajstić information content (AvgIpc) is 2.71. The lowest BCUT2D eigenvalue weighted by Gasteiger charge is -2.33. The van der Waals surface area contributed by atoms with E-state index in [-0.39, 0.29) is 11.8 Å². The first-order valence-electron chi connectivity index (χ1n) is 9.22. The van der Waals surface area contributed by atoms with Gasteiger partial charge in [-0.1, -0.05) is 24.3 Å². The average molecular weight is 375 g/mol. The van der Waals surface area contributed by atoms with Gasteiger partial charge in [-0.05, 0) is 62.2 Å². The molecule has 3 aromatic rings. The zero-order chi connectivity index (χ0) is 20.5. The van der Waals surface area contributed by atoms with E-state index in [1.807, 2.05) is 37.3 Å². The van der Waals surface area contributed by atoms with Crippen molar-refractivity contribution in [3.63, 3.8) is 0 Å². The fraction of sp³-hybridized carbons (Fsp3) is 0.261. The maximum Gasteiger partial charge on any atom is 0.254 e. The molecule has 0 aliphatic rings. The minimum atomic E-state index is -0.937. The summed E-state index contributed by atoms with van der Waals surface area (Å²) >= 11 is 0. The zero-order valence-electron chi connectivity index (χ0n) is 16.9. The van der Waals surface area contributed by atoms with E-state index >= 15 is 0 Å². The summed E-state index contributed by atoms with van der Waals surface area (Å²) in [6, 6.07) is 17.7. The molecule has 0 saturated carbocycles. The Morgan fingerprint density at radius 1 is 0.964 bits per heavy atom. The van der Waals surface area contributed by atoms with Crippen LogP contribution in [0.3, 0.4) is 0 Å². The van der Waals surface area contributed by atoms with Crippen molar-refractivity contribution in [1.29, 1.82) is 0 Å². The number of fused-ring (bicyclic) bond motifs is 1. The van der Waals surface area contributed by atoms with Crippen molar-refractivity contribution < 1.29 is 9.59 Å². The molecule has 0 saturated heterocycles. The van der Waals surface area contributed by atoms with Crippen LogP contribution in [0.2, 0.25) is 0 Å². The van der Waals surface area contributed by atoms with Crippen LogP contribution in [0.5, 0.6) is 0 Å². The Morgan fingerprint density at radius 2 is 1.61 bits per heavy atom. The van der Waals surface area contributed by atoms with Gasteiger partial charge < -0.3 is 10.2 Å². The lowest BCUT2D eigenvalue weighted by Crippen LogP contribution is -2.54. The maximum atomic E-state index is 12.8. The van der Waals surface area contributed by atoms with E-state index in [1.165, 1.54) is 4.90 Å². The summed E-state index contributed by atoms with van der Waals surface area (Å²) in [5.74, 6) is -0.404. The fourth-order valence-corrected chi connectivity index (χ4v) is 3.12. The van der Waals surface area contributed by atoms with E-state index < -0.39 is 5.54 Å². The lowest BCUT2D eigenvalue weighted by molar-refractivity contribution is -0.129. The molecule has 5 nitrogen and oxygen atoms in total. The quantitative estimate of drug-likeness (QED) is 0.754. The number of amides is 2. The Bertz CT molecular complexity index is 1040. The normalized spacial score (nSPS) is 11.3. The highest BCUT2D eigenvalue weighted by atomic mass is 16.2. The molecule has 0 radical (unpaired) electrons. The molecule has 0 unspecified atom stereocenters.